The summed E-state index contributed by atoms with van der Waals surface area (Å²) in [4.78, 5) is 10.4. The first-order chi connectivity index (χ1) is 9.67. The quantitative estimate of drug-likeness (QED) is 0.634. The fraction of sp³-hybridized carbons (Fsp3) is 0.333. The van der Waals surface area contributed by atoms with Crippen LogP contribution >= 0.6 is 0 Å². The number of hydrogen-bond donors (Lipinski definition) is 1. The Hall–Kier alpha value is -2.48. The van der Waals surface area contributed by atoms with Crippen molar-refractivity contribution >= 4 is 5.69 Å². The highest BCUT2D eigenvalue weighted by Crippen LogP contribution is 2.36. The predicted molar refractivity (Wildman–Crippen MR) is 70.3 cm³/mol. The molecule has 0 saturated heterocycles. The van der Waals surface area contributed by atoms with Crippen molar-refractivity contribution in [3.63, 3.8) is 0 Å². The molecule has 0 fully saturated rings. The van der Waals surface area contributed by atoms with Crippen LogP contribution < -0.4 is 10.1 Å². The summed E-state index contributed by atoms with van der Waals surface area (Å²) in [6, 6.07) is 4.54. The van der Waals surface area contributed by atoms with Gasteiger partial charge >= 0.3 is 5.69 Å². The minimum atomic E-state index is -0.516. The zero-order chi connectivity index (χ0) is 14.5. The summed E-state index contributed by atoms with van der Waals surface area (Å²) in [6.07, 6.45) is 0. The number of nitrogens with one attached hydrogen (secondary N) is 1. The Morgan fingerprint density at radius 2 is 2.25 bits per heavy atom. The first kappa shape index (κ1) is 13.9. The SMILES string of the molecule is CCNCc1nnc(-c2cccc([N+](=O)[O-])c2OC)o1. The van der Waals surface area contributed by atoms with Crippen LogP contribution in [0.15, 0.2) is 22.6 Å². The third-order valence-electron chi connectivity index (χ3n) is 2.62. The van der Waals surface area contributed by atoms with E-state index in [1.54, 1.807) is 12.1 Å². The van der Waals surface area contributed by atoms with E-state index in [4.69, 9.17) is 9.15 Å². The Bertz CT molecular complexity index is 611. The molecule has 0 spiro atoms. The second-order valence-corrected chi connectivity index (χ2v) is 3.90. The normalized spacial score (nSPS) is 10.5. The summed E-state index contributed by atoms with van der Waals surface area (Å²) in [5.41, 5.74) is 0.258. The minimum absolute atomic E-state index is 0.108. The first-order valence-corrected chi connectivity index (χ1v) is 6.02. The zero-order valence-electron chi connectivity index (χ0n) is 11.1. The summed E-state index contributed by atoms with van der Waals surface area (Å²) in [6.45, 7) is 3.18. The maximum atomic E-state index is 11.0. The van der Waals surface area contributed by atoms with Gasteiger partial charge in [-0.05, 0) is 12.6 Å². The van der Waals surface area contributed by atoms with Crippen LogP contribution in [0, 0.1) is 10.1 Å². The predicted octanol–water partition coefficient (Wildman–Crippen LogP) is 1.76. The number of para-hydroxylation sites is 1. The summed E-state index contributed by atoms with van der Waals surface area (Å²) in [5.74, 6) is 0.713. The van der Waals surface area contributed by atoms with Crippen molar-refractivity contribution in [2.75, 3.05) is 13.7 Å². The number of nitro benzene ring substituents is 1. The highest BCUT2D eigenvalue weighted by Gasteiger charge is 2.22. The fourth-order valence-electron chi connectivity index (χ4n) is 1.72. The molecule has 0 radical (unpaired) electrons. The highest BCUT2D eigenvalue weighted by molar-refractivity contribution is 5.69. The first-order valence-electron chi connectivity index (χ1n) is 6.02. The van der Waals surface area contributed by atoms with E-state index in [1.165, 1.54) is 13.2 Å². The van der Waals surface area contributed by atoms with E-state index in [-0.39, 0.29) is 17.3 Å². The third kappa shape index (κ3) is 2.75. The van der Waals surface area contributed by atoms with Gasteiger partial charge < -0.3 is 14.5 Å². The van der Waals surface area contributed by atoms with Crippen LogP contribution in [0.4, 0.5) is 5.69 Å². The van der Waals surface area contributed by atoms with Crippen molar-refractivity contribution in [1.29, 1.82) is 0 Å². The fourth-order valence-corrected chi connectivity index (χ4v) is 1.72. The van der Waals surface area contributed by atoms with Crippen LogP contribution in [0.25, 0.3) is 11.5 Å². The van der Waals surface area contributed by atoms with Gasteiger partial charge in [0, 0.05) is 6.07 Å². The number of nitrogens with zero attached hydrogens (tertiary/aromatic N) is 3. The Balaban J connectivity index is 2.39. The van der Waals surface area contributed by atoms with Crippen LogP contribution in [-0.4, -0.2) is 28.8 Å². The molecule has 8 nitrogen and oxygen atoms in total. The van der Waals surface area contributed by atoms with Gasteiger partial charge in [-0.2, -0.15) is 0 Å². The number of ether oxygens (including phenoxy) is 1. The molecule has 1 aromatic heterocycles. The molecule has 106 valence electrons. The van der Waals surface area contributed by atoms with Gasteiger partial charge in [-0.1, -0.05) is 13.0 Å². The molecule has 0 aliphatic heterocycles. The van der Waals surface area contributed by atoms with E-state index in [9.17, 15) is 10.1 Å². The lowest BCUT2D eigenvalue weighted by Crippen LogP contribution is -2.11. The van der Waals surface area contributed by atoms with Crippen molar-refractivity contribution < 1.29 is 14.1 Å². The van der Waals surface area contributed by atoms with Crippen molar-refractivity contribution in [3.8, 4) is 17.2 Å². The molecule has 0 saturated carbocycles. The number of hydrogen-bond acceptors (Lipinski definition) is 7. The maximum absolute atomic E-state index is 11.0. The van der Waals surface area contributed by atoms with Crippen LogP contribution in [0.5, 0.6) is 5.75 Å². The Labute approximate surface area is 114 Å². The molecule has 0 unspecified atom stereocenters. The lowest BCUT2D eigenvalue weighted by atomic mass is 10.1. The lowest BCUT2D eigenvalue weighted by Gasteiger charge is -2.05. The molecule has 2 aromatic rings. The maximum Gasteiger partial charge on any atom is 0.311 e. The number of methoxy groups -OCH3 is 1. The molecular formula is C12H14N4O4. The molecule has 0 aliphatic rings. The molecule has 1 aromatic carbocycles. The summed E-state index contributed by atoms with van der Waals surface area (Å²) in [7, 11) is 1.36. The number of nitro groups is 1. The van der Waals surface area contributed by atoms with Gasteiger partial charge in [0.2, 0.25) is 11.6 Å². The number of aromatic nitrogens is 2. The van der Waals surface area contributed by atoms with E-state index in [0.29, 0.717) is 18.0 Å². The molecule has 0 amide bonds. The number of benzene rings is 1. The molecule has 8 heteroatoms. The van der Waals surface area contributed by atoms with Gasteiger partial charge in [0.1, 0.15) is 0 Å². The minimum Gasteiger partial charge on any atom is -0.490 e. The number of rotatable bonds is 6. The van der Waals surface area contributed by atoms with Crippen LogP contribution in [-0.2, 0) is 6.54 Å². The van der Waals surface area contributed by atoms with Crippen LogP contribution in [0.3, 0.4) is 0 Å². The van der Waals surface area contributed by atoms with Crippen LogP contribution in [0.2, 0.25) is 0 Å². The zero-order valence-corrected chi connectivity index (χ0v) is 11.1. The van der Waals surface area contributed by atoms with Gasteiger partial charge in [0.25, 0.3) is 5.89 Å². The standard InChI is InChI=1S/C12H14N4O4/c1-3-13-7-10-14-15-12(20-10)8-5-4-6-9(16(17)18)11(8)19-2/h4-6,13H,3,7H2,1-2H3. The Kier molecular flexibility index (Phi) is 4.26. The van der Waals surface area contributed by atoms with Crippen molar-refractivity contribution in [2.24, 2.45) is 0 Å². The molecule has 2 rings (SSSR count). The molecule has 1 heterocycles. The van der Waals surface area contributed by atoms with E-state index in [2.05, 4.69) is 15.5 Å². The molecule has 0 aliphatic carbocycles. The molecule has 1 N–H and O–H groups in total. The second-order valence-electron chi connectivity index (χ2n) is 3.90. The third-order valence-corrected chi connectivity index (χ3v) is 2.62. The second kappa shape index (κ2) is 6.11. The average Bonchev–Trinajstić information content (AvgIpc) is 2.92. The summed E-state index contributed by atoms with van der Waals surface area (Å²) >= 11 is 0. The highest BCUT2D eigenvalue weighted by atomic mass is 16.6. The van der Waals surface area contributed by atoms with Gasteiger partial charge in [0.15, 0.2) is 0 Å². The van der Waals surface area contributed by atoms with Gasteiger partial charge in [-0.15, -0.1) is 10.2 Å². The summed E-state index contributed by atoms with van der Waals surface area (Å²) < 4.78 is 10.6. The molecule has 0 atom stereocenters. The van der Waals surface area contributed by atoms with Crippen molar-refractivity contribution in [3.05, 3.63) is 34.2 Å². The van der Waals surface area contributed by atoms with Gasteiger partial charge in [-0.25, -0.2) is 0 Å². The van der Waals surface area contributed by atoms with Gasteiger partial charge in [0.05, 0.1) is 24.1 Å². The molecular weight excluding hydrogens is 264 g/mol. The molecule has 0 bridgehead atoms. The largest absolute Gasteiger partial charge is 0.490 e. The van der Waals surface area contributed by atoms with E-state index >= 15 is 0 Å². The topological polar surface area (TPSA) is 103 Å². The van der Waals surface area contributed by atoms with E-state index in [1.807, 2.05) is 6.92 Å². The Morgan fingerprint density at radius 3 is 2.90 bits per heavy atom. The van der Waals surface area contributed by atoms with Crippen molar-refractivity contribution in [2.45, 2.75) is 13.5 Å². The average molecular weight is 278 g/mol. The smallest absolute Gasteiger partial charge is 0.311 e. The summed E-state index contributed by atoms with van der Waals surface area (Å²) in [5, 5.41) is 21.8. The Morgan fingerprint density at radius 1 is 1.45 bits per heavy atom. The molecule has 20 heavy (non-hydrogen) atoms. The van der Waals surface area contributed by atoms with Crippen molar-refractivity contribution in [1.82, 2.24) is 15.5 Å². The monoisotopic (exact) mass is 278 g/mol. The van der Waals surface area contributed by atoms with E-state index < -0.39 is 4.92 Å². The lowest BCUT2D eigenvalue weighted by molar-refractivity contribution is -0.385. The van der Waals surface area contributed by atoms with E-state index in [0.717, 1.165) is 6.54 Å². The van der Waals surface area contributed by atoms with Crippen LogP contribution in [0.1, 0.15) is 12.8 Å². The van der Waals surface area contributed by atoms with Gasteiger partial charge in [-0.3, -0.25) is 10.1 Å².